The van der Waals surface area contributed by atoms with Crippen LogP contribution in [-0.2, 0) is 46.4 Å². The van der Waals surface area contributed by atoms with Gasteiger partial charge in [-0.05, 0) is 37.1 Å². The summed E-state index contributed by atoms with van der Waals surface area (Å²) >= 11 is 0. The van der Waals surface area contributed by atoms with Crippen molar-refractivity contribution in [1.82, 2.24) is 0 Å². The minimum Gasteiger partial charge on any atom is -0.453 e. The SMILES string of the molecule is CC1(C)OC[C@H]([C@@H](OC(=O)c2ccccc2)[C@H](O)[C@@H](COCOCc2ccccc2)OCOCc2ccccc2)O1. The van der Waals surface area contributed by atoms with E-state index >= 15 is 0 Å². The third-order valence-corrected chi connectivity index (χ3v) is 6.40. The maximum Gasteiger partial charge on any atom is 0.338 e. The van der Waals surface area contributed by atoms with Crippen LogP contribution in [0.5, 0.6) is 0 Å². The number of hydrogen-bond donors (Lipinski definition) is 1. The minimum atomic E-state index is -1.33. The highest BCUT2D eigenvalue weighted by molar-refractivity contribution is 5.89. The van der Waals surface area contributed by atoms with E-state index in [-0.39, 0.29) is 26.8 Å². The molecule has 0 aromatic heterocycles. The van der Waals surface area contributed by atoms with Gasteiger partial charge in [0, 0.05) is 0 Å². The van der Waals surface area contributed by atoms with E-state index < -0.39 is 36.2 Å². The Morgan fingerprint density at radius 3 is 1.98 bits per heavy atom. The highest BCUT2D eigenvalue weighted by Crippen LogP contribution is 2.28. The fraction of sp³-hybridized carbons (Fsp3) is 0.406. The number of carbonyl (C=O) groups is 1. The number of esters is 1. The van der Waals surface area contributed by atoms with E-state index in [9.17, 15) is 9.90 Å². The Morgan fingerprint density at radius 2 is 1.41 bits per heavy atom. The number of carbonyl (C=O) groups excluding carboxylic acids is 1. The summed E-state index contributed by atoms with van der Waals surface area (Å²) in [4.78, 5) is 13.0. The molecule has 1 saturated heterocycles. The van der Waals surface area contributed by atoms with Crippen molar-refractivity contribution in [1.29, 1.82) is 0 Å². The van der Waals surface area contributed by atoms with Gasteiger partial charge in [-0.15, -0.1) is 0 Å². The molecule has 4 atom stereocenters. The second kappa shape index (κ2) is 15.7. The smallest absolute Gasteiger partial charge is 0.338 e. The van der Waals surface area contributed by atoms with Crippen molar-refractivity contribution in [3.05, 3.63) is 108 Å². The first-order valence-electron chi connectivity index (χ1n) is 13.6. The van der Waals surface area contributed by atoms with Gasteiger partial charge in [0.2, 0.25) is 0 Å². The van der Waals surface area contributed by atoms with Gasteiger partial charge in [0.1, 0.15) is 31.9 Å². The molecule has 0 spiro atoms. The van der Waals surface area contributed by atoms with Gasteiger partial charge >= 0.3 is 5.97 Å². The van der Waals surface area contributed by atoms with Crippen molar-refractivity contribution >= 4 is 5.97 Å². The van der Waals surface area contributed by atoms with E-state index in [2.05, 4.69) is 0 Å². The number of benzene rings is 3. The van der Waals surface area contributed by atoms with E-state index in [1.54, 1.807) is 44.2 Å². The fourth-order valence-corrected chi connectivity index (χ4v) is 4.29. The molecule has 0 bridgehead atoms. The Kier molecular flexibility index (Phi) is 11.8. The molecular weight excluding hydrogens is 528 g/mol. The Morgan fingerprint density at radius 1 is 0.854 bits per heavy atom. The minimum absolute atomic E-state index is 0.0309. The molecule has 1 heterocycles. The van der Waals surface area contributed by atoms with E-state index in [1.165, 1.54) is 0 Å². The second-order valence-electron chi connectivity index (χ2n) is 10.1. The standard InChI is InChI=1S/C32H38O9/c1-32(2)39-21-28(41-32)30(40-31(34)26-16-10-5-11-17-26)29(33)27(38-23-36-19-25-14-8-4-9-15-25)20-37-22-35-18-24-12-6-3-7-13-24/h3-17,27-30,33H,18-23H2,1-2H3/t27-,28-,29-,30-/m1/s1. The van der Waals surface area contributed by atoms with Crippen molar-refractivity contribution in [2.75, 3.05) is 26.8 Å². The van der Waals surface area contributed by atoms with Crippen LogP contribution in [0.3, 0.4) is 0 Å². The highest BCUT2D eigenvalue weighted by atomic mass is 16.8. The first-order valence-corrected chi connectivity index (χ1v) is 13.6. The molecule has 0 unspecified atom stereocenters. The van der Waals surface area contributed by atoms with Gasteiger partial charge in [-0.2, -0.15) is 0 Å². The van der Waals surface area contributed by atoms with Crippen molar-refractivity contribution in [3.8, 4) is 0 Å². The van der Waals surface area contributed by atoms with Crippen LogP contribution in [0.4, 0.5) is 0 Å². The maximum atomic E-state index is 13.0. The van der Waals surface area contributed by atoms with Crippen LogP contribution in [0.25, 0.3) is 0 Å². The van der Waals surface area contributed by atoms with Gasteiger partial charge in [-0.1, -0.05) is 78.9 Å². The summed E-state index contributed by atoms with van der Waals surface area (Å²) in [5.41, 5.74) is 2.33. The van der Waals surface area contributed by atoms with Gasteiger partial charge in [0.25, 0.3) is 0 Å². The van der Waals surface area contributed by atoms with Crippen LogP contribution < -0.4 is 0 Å². The molecule has 0 radical (unpaired) electrons. The number of aliphatic hydroxyl groups is 1. The van der Waals surface area contributed by atoms with Crippen LogP contribution >= 0.6 is 0 Å². The van der Waals surface area contributed by atoms with Crippen molar-refractivity contribution < 1.29 is 43.1 Å². The topological polar surface area (TPSA) is 102 Å². The maximum absolute atomic E-state index is 13.0. The molecule has 9 heteroatoms. The first kappa shape index (κ1) is 30.8. The van der Waals surface area contributed by atoms with Gasteiger partial charge < -0.3 is 38.3 Å². The molecule has 1 aliphatic rings. The monoisotopic (exact) mass is 566 g/mol. The van der Waals surface area contributed by atoms with Crippen molar-refractivity contribution in [3.63, 3.8) is 0 Å². The molecule has 0 saturated carbocycles. The molecule has 41 heavy (non-hydrogen) atoms. The normalized spacial score (nSPS) is 18.5. The zero-order valence-corrected chi connectivity index (χ0v) is 23.4. The molecule has 0 aliphatic carbocycles. The highest BCUT2D eigenvalue weighted by Gasteiger charge is 2.45. The lowest BCUT2D eigenvalue weighted by molar-refractivity contribution is -0.201. The summed E-state index contributed by atoms with van der Waals surface area (Å²) in [6, 6.07) is 27.9. The molecule has 3 aromatic rings. The van der Waals surface area contributed by atoms with Crippen molar-refractivity contribution in [2.45, 2.75) is 57.3 Å². The molecule has 1 aliphatic heterocycles. The van der Waals surface area contributed by atoms with Gasteiger partial charge in [-0.3, -0.25) is 0 Å². The number of ether oxygens (including phenoxy) is 7. The predicted octanol–water partition coefficient (Wildman–Crippen LogP) is 4.47. The summed E-state index contributed by atoms with van der Waals surface area (Å²) in [6.07, 6.45) is -4.12. The predicted molar refractivity (Wildman–Crippen MR) is 150 cm³/mol. The molecule has 1 fully saturated rings. The number of rotatable bonds is 16. The molecule has 9 nitrogen and oxygen atoms in total. The zero-order valence-electron chi connectivity index (χ0n) is 23.4. The van der Waals surface area contributed by atoms with Crippen LogP contribution in [-0.4, -0.2) is 68.1 Å². The molecule has 0 amide bonds. The number of aliphatic hydroxyl groups excluding tert-OH is 1. The summed E-state index contributed by atoms with van der Waals surface area (Å²) < 4.78 is 40.5. The largest absolute Gasteiger partial charge is 0.453 e. The second-order valence-corrected chi connectivity index (χ2v) is 10.1. The van der Waals surface area contributed by atoms with E-state index in [0.29, 0.717) is 18.8 Å². The Balaban J connectivity index is 1.41. The van der Waals surface area contributed by atoms with Crippen LogP contribution in [0.1, 0.15) is 35.3 Å². The lowest BCUT2D eigenvalue weighted by atomic mass is 10.0. The van der Waals surface area contributed by atoms with E-state index in [0.717, 1.165) is 11.1 Å². The lowest BCUT2D eigenvalue weighted by Gasteiger charge is -2.32. The van der Waals surface area contributed by atoms with Gasteiger partial charge in [0.05, 0.1) is 32.0 Å². The van der Waals surface area contributed by atoms with E-state index in [1.807, 2.05) is 60.7 Å². The Labute approximate surface area is 240 Å². The Bertz CT molecular complexity index is 1160. The average Bonchev–Trinajstić information content (AvgIpc) is 3.36. The lowest BCUT2D eigenvalue weighted by Crippen LogP contribution is -2.51. The van der Waals surface area contributed by atoms with Crippen LogP contribution in [0.15, 0.2) is 91.0 Å². The number of hydrogen-bond acceptors (Lipinski definition) is 9. The van der Waals surface area contributed by atoms with Gasteiger partial charge in [0.15, 0.2) is 11.9 Å². The fourth-order valence-electron chi connectivity index (χ4n) is 4.29. The quantitative estimate of drug-likeness (QED) is 0.153. The molecular formula is C32H38O9. The third kappa shape index (κ3) is 10.0. The molecule has 3 aromatic carbocycles. The zero-order chi connectivity index (χ0) is 28.9. The summed E-state index contributed by atoms with van der Waals surface area (Å²) in [5, 5.41) is 11.5. The summed E-state index contributed by atoms with van der Waals surface area (Å²) in [5.74, 6) is -1.51. The van der Waals surface area contributed by atoms with Crippen molar-refractivity contribution in [2.24, 2.45) is 0 Å². The van der Waals surface area contributed by atoms with Crippen LogP contribution in [0, 0.1) is 0 Å². The van der Waals surface area contributed by atoms with E-state index in [4.69, 9.17) is 33.2 Å². The molecule has 1 N–H and O–H groups in total. The average molecular weight is 567 g/mol. The summed E-state index contributed by atoms with van der Waals surface area (Å²) in [6.45, 7) is 4.12. The third-order valence-electron chi connectivity index (χ3n) is 6.40. The van der Waals surface area contributed by atoms with Crippen LogP contribution in [0.2, 0.25) is 0 Å². The summed E-state index contributed by atoms with van der Waals surface area (Å²) in [7, 11) is 0. The first-order chi connectivity index (χ1) is 19.9. The Hall–Kier alpha value is -3.15. The van der Waals surface area contributed by atoms with Gasteiger partial charge in [-0.25, -0.2) is 4.79 Å². The molecule has 220 valence electrons. The molecule has 4 rings (SSSR count).